The largest absolute Gasteiger partial charge is 0.465 e. The number of hydrogen-bond donors (Lipinski definition) is 0. The summed E-state index contributed by atoms with van der Waals surface area (Å²) in [5, 5.41) is 8.72. The van der Waals surface area contributed by atoms with Gasteiger partial charge in [0, 0.05) is 0 Å². The van der Waals surface area contributed by atoms with E-state index in [2.05, 4.69) is 4.74 Å². The van der Waals surface area contributed by atoms with Crippen molar-refractivity contribution >= 4 is 12.0 Å². The number of ether oxygens (including phenoxy) is 1. The van der Waals surface area contributed by atoms with Gasteiger partial charge in [-0.25, -0.2) is 4.79 Å². The van der Waals surface area contributed by atoms with E-state index < -0.39 is 5.97 Å². The lowest BCUT2D eigenvalue weighted by molar-refractivity contribution is -0.135. The molecule has 0 aliphatic heterocycles. The summed E-state index contributed by atoms with van der Waals surface area (Å²) in [6.07, 6.45) is 1.51. The number of rotatable bonds is 2. The summed E-state index contributed by atoms with van der Waals surface area (Å²) >= 11 is 0. The molecule has 0 aliphatic rings. The second-order valence-electron chi connectivity index (χ2n) is 3.07. The van der Waals surface area contributed by atoms with Gasteiger partial charge in [-0.3, -0.25) is 0 Å². The van der Waals surface area contributed by atoms with E-state index in [0.29, 0.717) is 0 Å². The average Bonchev–Trinajstić information content (AvgIpc) is 2.27. The topological polar surface area (TPSA) is 50.1 Å². The fourth-order valence-electron chi connectivity index (χ4n) is 1.08. The maximum Gasteiger partial charge on any atom is 0.348 e. The first kappa shape index (κ1) is 11.0. The van der Waals surface area contributed by atoms with Crippen LogP contribution in [0.2, 0.25) is 0 Å². The zero-order valence-corrected chi connectivity index (χ0v) is 8.65. The smallest absolute Gasteiger partial charge is 0.348 e. The zero-order chi connectivity index (χ0) is 11.3. The summed E-state index contributed by atoms with van der Waals surface area (Å²) < 4.78 is 4.47. The number of nitrogens with zero attached hydrogens (tertiary/aromatic N) is 1. The van der Waals surface area contributed by atoms with E-state index in [1.54, 1.807) is 6.07 Å². The van der Waals surface area contributed by atoms with Gasteiger partial charge in [0.05, 0.1) is 7.11 Å². The zero-order valence-electron chi connectivity index (χ0n) is 8.65. The molecule has 0 bridgehead atoms. The third-order valence-electron chi connectivity index (χ3n) is 1.91. The monoisotopic (exact) mass is 201 g/mol. The molecule has 0 saturated carbocycles. The van der Waals surface area contributed by atoms with Crippen LogP contribution in [-0.4, -0.2) is 13.1 Å². The minimum atomic E-state index is -0.613. The number of nitriles is 1. The van der Waals surface area contributed by atoms with Crippen molar-refractivity contribution < 1.29 is 9.53 Å². The van der Waals surface area contributed by atoms with Crippen molar-refractivity contribution in [2.24, 2.45) is 0 Å². The summed E-state index contributed by atoms with van der Waals surface area (Å²) in [7, 11) is 1.25. The second kappa shape index (κ2) is 4.97. The van der Waals surface area contributed by atoms with Gasteiger partial charge in [0.25, 0.3) is 0 Å². The summed E-state index contributed by atoms with van der Waals surface area (Å²) in [5.74, 6) is -0.613. The van der Waals surface area contributed by atoms with E-state index in [9.17, 15) is 4.79 Å². The standard InChI is InChI=1S/C12H11NO2/c1-9-3-5-10(6-4-9)7-11(8-13)12(14)15-2/h3-7H,1-2H3/b11-7-. The highest BCUT2D eigenvalue weighted by molar-refractivity contribution is 5.97. The highest BCUT2D eigenvalue weighted by Gasteiger charge is 2.07. The van der Waals surface area contributed by atoms with Crippen LogP contribution in [0.1, 0.15) is 11.1 Å². The number of carbonyl (C=O) groups is 1. The average molecular weight is 201 g/mol. The Morgan fingerprint density at radius 3 is 2.47 bits per heavy atom. The minimum absolute atomic E-state index is 0.00125. The van der Waals surface area contributed by atoms with Gasteiger partial charge in [-0.2, -0.15) is 5.26 Å². The lowest BCUT2D eigenvalue weighted by Crippen LogP contribution is -2.02. The molecule has 3 heteroatoms. The van der Waals surface area contributed by atoms with Crippen LogP contribution in [0.4, 0.5) is 0 Å². The van der Waals surface area contributed by atoms with Gasteiger partial charge >= 0.3 is 5.97 Å². The molecule has 0 fully saturated rings. The van der Waals surface area contributed by atoms with Crippen LogP contribution in [-0.2, 0) is 9.53 Å². The fraction of sp³-hybridized carbons (Fsp3) is 0.167. The van der Waals surface area contributed by atoms with Crippen molar-refractivity contribution in [3.05, 3.63) is 41.0 Å². The van der Waals surface area contributed by atoms with Gasteiger partial charge in [-0.1, -0.05) is 29.8 Å². The molecule has 0 radical (unpaired) electrons. The van der Waals surface area contributed by atoms with Crippen molar-refractivity contribution in [3.63, 3.8) is 0 Å². The first-order chi connectivity index (χ1) is 7.17. The molecule has 0 unspecified atom stereocenters. The van der Waals surface area contributed by atoms with Crippen LogP contribution in [0.3, 0.4) is 0 Å². The highest BCUT2D eigenvalue weighted by Crippen LogP contribution is 2.09. The number of benzene rings is 1. The van der Waals surface area contributed by atoms with Crippen LogP contribution in [0.25, 0.3) is 6.08 Å². The first-order valence-corrected chi connectivity index (χ1v) is 4.44. The fourth-order valence-corrected chi connectivity index (χ4v) is 1.08. The predicted octanol–water partition coefficient (Wildman–Crippen LogP) is 2.08. The second-order valence-corrected chi connectivity index (χ2v) is 3.07. The van der Waals surface area contributed by atoms with Crippen molar-refractivity contribution in [1.29, 1.82) is 5.26 Å². The molecule has 0 amide bonds. The molecule has 0 heterocycles. The molecule has 1 aromatic carbocycles. The SMILES string of the molecule is COC(=O)/C(C#N)=C\c1ccc(C)cc1. The Kier molecular flexibility index (Phi) is 3.64. The first-order valence-electron chi connectivity index (χ1n) is 4.44. The predicted molar refractivity (Wildman–Crippen MR) is 56.8 cm³/mol. The summed E-state index contributed by atoms with van der Waals surface area (Å²) in [6.45, 7) is 1.97. The van der Waals surface area contributed by atoms with Crippen LogP contribution in [0, 0.1) is 18.3 Å². The van der Waals surface area contributed by atoms with Crippen LogP contribution in [0.5, 0.6) is 0 Å². The normalized spacial score (nSPS) is 10.6. The van der Waals surface area contributed by atoms with Gasteiger partial charge in [0.2, 0.25) is 0 Å². The van der Waals surface area contributed by atoms with Crippen LogP contribution < -0.4 is 0 Å². The Bertz CT molecular complexity index is 424. The Morgan fingerprint density at radius 2 is 2.00 bits per heavy atom. The van der Waals surface area contributed by atoms with Crippen LogP contribution in [0.15, 0.2) is 29.8 Å². The van der Waals surface area contributed by atoms with E-state index >= 15 is 0 Å². The van der Waals surface area contributed by atoms with E-state index in [0.717, 1.165) is 11.1 Å². The maximum atomic E-state index is 11.1. The van der Waals surface area contributed by atoms with Gasteiger partial charge < -0.3 is 4.74 Å². The number of aryl methyl sites for hydroxylation is 1. The van der Waals surface area contributed by atoms with Crippen molar-refractivity contribution in [1.82, 2.24) is 0 Å². The lowest BCUT2D eigenvalue weighted by Gasteiger charge is -1.97. The van der Waals surface area contributed by atoms with Crippen molar-refractivity contribution in [2.75, 3.05) is 7.11 Å². The molecule has 3 nitrogen and oxygen atoms in total. The quantitative estimate of drug-likeness (QED) is 0.418. The molecule has 1 rings (SSSR count). The number of esters is 1. The van der Waals surface area contributed by atoms with E-state index in [1.165, 1.54) is 13.2 Å². The highest BCUT2D eigenvalue weighted by atomic mass is 16.5. The molecule has 0 atom stereocenters. The summed E-state index contributed by atoms with van der Waals surface area (Å²) in [6, 6.07) is 9.32. The maximum absolute atomic E-state index is 11.1. The van der Waals surface area contributed by atoms with E-state index in [-0.39, 0.29) is 5.57 Å². The molecule has 0 aromatic heterocycles. The molecular weight excluding hydrogens is 190 g/mol. The number of carbonyl (C=O) groups excluding carboxylic acids is 1. The molecule has 0 saturated heterocycles. The van der Waals surface area contributed by atoms with Gasteiger partial charge in [0.15, 0.2) is 0 Å². The molecule has 0 aliphatic carbocycles. The lowest BCUT2D eigenvalue weighted by atomic mass is 10.1. The Balaban J connectivity index is 3.00. The Morgan fingerprint density at radius 1 is 1.40 bits per heavy atom. The molecule has 15 heavy (non-hydrogen) atoms. The summed E-state index contributed by atoms with van der Waals surface area (Å²) in [4.78, 5) is 11.1. The number of methoxy groups -OCH3 is 1. The molecule has 1 aromatic rings. The van der Waals surface area contributed by atoms with E-state index in [1.807, 2.05) is 31.2 Å². The Labute approximate surface area is 88.6 Å². The molecular formula is C12H11NO2. The molecule has 76 valence electrons. The third-order valence-corrected chi connectivity index (χ3v) is 1.91. The van der Waals surface area contributed by atoms with Crippen molar-refractivity contribution in [2.45, 2.75) is 6.92 Å². The van der Waals surface area contributed by atoms with E-state index in [4.69, 9.17) is 5.26 Å². The molecule has 0 spiro atoms. The van der Waals surface area contributed by atoms with Gasteiger partial charge in [-0.05, 0) is 18.6 Å². The number of hydrogen-bond acceptors (Lipinski definition) is 3. The van der Waals surface area contributed by atoms with Gasteiger partial charge in [0.1, 0.15) is 11.6 Å². The Hall–Kier alpha value is -2.08. The van der Waals surface area contributed by atoms with Crippen molar-refractivity contribution in [3.8, 4) is 6.07 Å². The summed E-state index contributed by atoms with van der Waals surface area (Å²) in [5.41, 5.74) is 1.94. The third kappa shape index (κ3) is 2.96. The van der Waals surface area contributed by atoms with Gasteiger partial charge in [-0.15, -0.1) is 0 Å². The minimum Gasteiger partial charge on any atom is -0.465 e. The molecule has 0 N–H and O–H groups in total. The van der Waals surface area contributed by atoms with Crippen LogP contribution >= 0.6 is 0 Å².